The fourth-order valence-electron chi connectivity index (χ4n) is 1.61. The third-order valence-electron chi connectivity index (χ3n) is 2.38. The average Bonchev–Trinajstić information content (AvgIpc) is 2.29. The Morgan fingerprint density at radius 3 is 2.73 bits per heavy atom. The van der Waals surface area contributed by atoms with E-state index in [1.807, 2.05) is 0 Å². The Hall–Kier alpha value is -0.670. The normalized spacial score (nSPS) is 10.3. The van der Waals surface area contributed by atoms with Crippen LogP contribution in [0.5, 0.6) is 5.75 Å². The first-order chi connectivity index (χ1) is 7.33. The van der Waals surface area contributed by atoms with Crippen LogP contribution in [0.25, 0.3) is 0 Å². The summed E-state index contributed by atoms with van der Waals surface area (Å²) < 4.78 is 5.45. The Kier molecular flexibility index (Phi) is 5.58. The van der Waals surface area contributed by atoms with Crippen molar-refractivity contribution in [2.45, 2.75) is 24.2 Å². The molecule has 0 heterocycles. The molecule has 0 spiro atoms. The Morgan fingerprint density at radius 2 is 2.13 bits per heavy atom. The second-order valence-corrected chi connectivity index (χ2v) is 4.25. The third kappa shape index (κ3) is 3.43. The molecule has 1 rings (SSSR count). The average molecular weight is 225 g/mol. The van der Waals surface area contributed by atoms with Crippen LogP contribution in [0, 0.1) is 0 Å². The van der Waals surface area contributed by atoms with E-state index in [0.717, 1.165) is 31.6 Å². The molecule has 0 fully saturated rings. The number of nitrogens with two attached hydrogens (primary N) is 1. The molecule has 0 saturated carbocycles. The van der Waals surface area contributed by atoms with E-state index in [1.54, 1.807) is 18.9 Å². The summed E-state index contributed by atoms with van der Waals surface area (Å²) in [4.78, 5) is 1.21. The van der Waals surface area contributed by atoms with Crippen molar-refractivity contribution in [1.29, 1.82) is 0 Å². The number of para-hydroxylation sites is 1. The molecule has 0 aliphatic heterocycles. The number of rotatable bonds is 6. The van der Waals surface area contributed by atoms with Crippen LogP contribution in [0.4, 0.5) is 0 Å². The first-order valence-corrected chi connectivity index (χ1v) is 6.46. The maximum absolute atomic E-state index is 5.48. The number of ether oxygens (including phenoxy) is 1. The highest BCUT2D eigenvalue weighted by Gasteiger charge is 2.07. The molecule has 0 aliphatic rings. The van der Waals surface area contributed by atoms with E-state index in [9.17, 15) is 0 Å². The van der Waals surface area contributed by atoms with Gasteiger partial charge in [0.15, 0.2) is 0 Å². The molecule has 0 amide bonds. The number of methoxy groups -OCH3 is 1. The first kappa shape index (κ1) is 12.4. The van der Waals surface area contributed by atoms with Crippen molar-refractivity contribution < 1.29 is 4.74 Å². The van der Waals surface area contributed by atoms with Crippen molar-refractivity contribution >= 4 is 11.8 Å². The molecule has 15 heavy (non-hydrogen) atoms. The van der Waals surface area contributed by atoms with Gasteiger partial charge in [0, 0.05) is 4.90 Å². The molecule has 1 aromatic rings. The van der Waals surface area contributed by atoms with Crippen molar-refractivity contribution in [2.24, 2.45) is 5.73 Å². The van der Waals surface area contributed by atoms with E-state index in [2.05, 4.69) is 24.5 Å². The first-order valence-electron chi connectivity index (χ1n) is 5.23. The molecular weight excluding hydrogens is 206 g/mol. The van der Waals surface area contributed by atoms with E-state index in [-0.39, 0.29) is 0 Å². The van der Waals surface area contributed by atoms with Gasteiger partial charge < -0.3 is 10.5 Å². The topological polar surface area (TPSA) is 35.2 Å². The standard InChI is InChI=1S/C12H19NOS/c1-14-12-10(6-3-4-9-13)7-5-8-11(12)15-2/h5,7-8H,3-4,6,9,13H2,1-2H3. The smallest absolute Gasteiger partial charge is 0.135 e. The SMILES string of the molecule is COc1c(CCCCN)cccc1SC. The number of thioether (sulfide) groups is 1. The summed E-state index contributed by atoms with van der Waals surface area (Å²) >= 11 is 1.72. The predicted molar refractivity (Wildman–Crippen MR) is 66.8 cm³/mol. The lowest BCUT2D eigenvalue weighted by Crippen LogP contribution is -2.00. The molecule has 0 radical (unpaired) electrons. The zero-order chi connectivity index (χ0) is 11.1. The van der Waals surface area contributed by atoms with Crippen LogP contribution in [0.2, 0.25) is 0 Å². The summed E-state index contributed by atoms with van der Waals surface area (Å²) in [6, 6.07) is 6.32. The second kappa shape index (κ2) is 6.75. The predicted octanol–water partition coefficient (Wildman–Crippen LogP) is 2.70. The van der Waals surface area contributed by atoms with Crippen LogP contribution in [0.3, 0.4) is 0 Å². The molecule has 2 nitrogen and oxygen atoms in total. The number of hydrogen-bond acceptors (Lipinski definition) is 3. The van der Waals surface area contributed by atoms with E-state index in [4.69, 9.17) is 10.5 Å². The van der Waals surface area contributed by atoms with Gasteiger partial charge in [0.05, 0.1) is 7.11 Å². The molecular formula is C12H19NOS. The lowest BCUT2D eigenvalue weighted by molar-refractivity contribution is 0.399. The summed E-state index contributed by atoms with van der Waals surface area (Å²) in [6.45, 7) is 0.768. The number of unbranched alkanes of at least 4 members (excludes halogenated alkanes) is 1. The van der Waals surface area contributed by atoms with Crippen molar-refractivity contribution in [3.8, 4) is 5.75 Å². The minimum Gasteiger partial charge on any atom is -0.495 e. The molecule has 84 valence electrons. The van der Waals surface area contributed by atoms with Gasteiger partial charge in [-0.05, 0) is 43.7 Å². The summed E-state index contributed by atoms with van der Waals surface area (Å²) in [5.74, 6) is 1.03. The molecule has 0 saturated heterocycles. The van der Waals surface area contributed by atoms with Gasteiger partial charge in [-0.1, -0.05) is 12.1 Å². The lowest BCUT2D eigenvalue weighted by Gasteiger charge is -2.11. The van der Waals surface area contributed by atoms with Crippen molar-refractivity contribution in [3.05, 3.63) is 23.8 Å². The minimum atomic E-state index is 0.768. The van der Waals surface area contributed by atoms with Gasteiger partial charge in [-0.3, -0.25) is 0 Å². The number of hydrogen-bond donors (Lipinski definition) is 1. The van der Waals surface area contributed by atoms with Crippen molar-refractivity contribution in [2.75, 3.05) is 19.9 Å². The molecule has 0 bridgehead atoms. The van der Waals surface area contributed by atoms with Crippen LogP contribution in [0.15, 0.2) is 23.1 Å². The summed E-state index contributed by atoms with van der Waals surface area (Å²) in [5, 5.41) is 0. The second-order valence-electron chi connectivity index (χ2n) is 3.40. The molecule has 0 atom stereocenters. The monoisotopic (exact) mass is 225 g/mol. The molecule has 0 aliphatic carbocycles. The maximum atomic E-state index is 5.48. The Morgan fingerprint density at radius 1 is 1.33 bits per heavy atom. The fourth-order valence-corrected chi connectivity index (χ4v) is 2.22. The highest BCUT2D eigenvalue weighted by Crippen LogP contribution is 2.31. The molecule has 3 heteroatoms. The van der Waals surface area contributed by atoms with Crippen LogP contribution >= 0.6 is 11.8 Å². The molecule has 1 aromatic carbocycles. The van der Waals surface area contributed by atoms with Gasteiger partial charge in [-0.2, -0.15) is 0 Å². The van der Waals surface area contributed by atoms with Crippen molar-refractivity contribution in [3.63, 3.8) is 0 Å². The van der Waals surface area contributed by atoms with Gasteiger partial charge in [-0.15, -0.1) is 11.8 Å². The van der Waals surface area contributed by atoms with E-state index < -0.39 is 0 Å². The van der Waals surface area contributed by atoms with Crippen LogP contribution in [-0.2, 0) is 6.42 Å². The summed E-state index contributed by atoms with van der Waals surface area (Å²) in [7, 11) is 1.74. The quantitative estimate of drug-likeness (QED) is 0.597. The van der Waals surface area contributed by atoms with Crippen LogP contribution < -0.4 is 10.5 Å². The Bertz CT molecular complexity index is 302. The zero-order valence-corrected chi connectivity index (χ0v) is 10.3. The van der Waals surface area contributed by atoms with Crippen LogP contribution in [0.1, 0.15) is 18.4 Å². The van der Waals surface area contributed by atoms with Gasteiger partial charge in [0.2, 0.25) is 0 Å². The zero-order valence-electron chi connectivity index (χ0n) is 9.45. The lowest BCUT2D eigenvalue weighted by atomic mass is 10.1. The Labute approximate surface area is 96.2 Å². The van der Waals surface area contributed by atoms with E-state index in [0.29, 0.717) is 0 Å². The highest BCUT2D eigenvalue weighted by atomic mass is 32.2. The number of aryl methyl sites for hydroxylation is 1. The van der Waals surface area contributed by atoms with Gasteiger partial charge >= 0.3 is 0 Å². The maximum Gasteiger partial charge on any atom is 0.135 e. The van der Waals surface area contributed by atoms with Gasteiger partial charge in [0.1, 0.15) is 5.75 Å². The summed E-state index contributed by atoms with van der Waals surface area (Å²) in [5.41, 5.74) is 6.77. The highest BCUT2D eigenvalue weighted by molar-refractivity contribution is 7.98. The van der Waals surface area contributed by atoms with E-state index in [1.165, 1.54) is 10.5 Å². The van der Waals surface area contributed by atoms with Crippen LogP contribution in [-0.4, -0.2) is 19.9 Å². The molecule has 2 N–H and O–H groups in total. The van der Waals surface area contributed by atoms with Gasteiger partial charge in [-0.25, -0.2) is 0 Å². The van der Waals surface area contributed by atoms with E-state index >= 15 is 0 Å². The number of benzene rings is 1. The third-order valence-corrected chi connectivity index (χ3v) is 3.15. The van der Waals surface area contributed by atoms with Gasteiger partial charge in [0.25, 0.3) is 0 Å². The van der Waals surface area contributed by atoms with Crippen molar-refractivity contribution in [1.82, 2.24) is 0 Å². The fraction of sp³-hybridized carbons (Fsp3) is 0.500. The molecule has 0 aromatic heterocycles. The largest absolute Gasteiger partial charge is 0.495 e. The Balaban J connectivity index is 2.76. The summed E-state index contributed by atoms with van der Waals surface area (Å²) in [6.07, 6.45) is 5.33. The minimum absolute atomic E-state index is 0.768. The molecule has 0 unspecified atom stereocenters.